The highest BCUT2D eigenvalue weighted by atomic mass is 79.9. The van der Waals surface area contributed by atoms with Crippen LogP contribution in [-0.4, -0.2) is 10.9 Å². The summed E-state index contributed by atoms with van der Waals surface area (Å²) in [5.74, 6) is -0.912. The SMILES string of the molecule is Cc1ccc(F)c(NC(=O)c2cccc(Br)n2)c1. The van der Waals surface area contributed by atoms with E-state index in [1.54, 1.807) is 30.3 Å². The molecule has 0 radical (unpaired) electrons. The number of nitrogens with zero attached hydrogens (tertiary/aromatic N) is 1. The Kier molecular flexibility index (Phi) is 3.72. The highest BCUT2D eigenvalue weighted by molar-refractivity contribution is 9.10. The van der Waals surface area contributed by atoms with Gasteiger partial charge in [0.2, 0.25) is 0 Å². The highest BCUT2D eigenvalue weighted by Crippen LogP contribution is 2.16. The quantitative estimate of drug-likeness (QED) is 0.862. The summed E-state index contributed by atoms with van der Waals surface area (Å²) >= 11 is 3.18. The number of aryl methyl sites for hydroxylation is 1. The summed E-state index contributed by atoms with van der Waals surface area (Å²) in [4.78, 5) is 15.9. The van der Waals surface area contributed by atoms with Gasteiger partial charge >= 0.3 is 0 Å². The van der Waals surface area contributed by atoms with Crippen molar-refractivity contribution in [1.29, 1.82) is 0 Å². The Labute approximate surface area is 112 Å². The number of amides is 1. The second-order valence-corrected chi connectivity index (χ2v) is 4.60. The maximum atomic E-state index is 13.5. The molecule has 0 spiro atoms. The van der Waals surface area contributed by atoms with Crippen LogP contribution in [0.25, 0.3) is 0 Å². The van der Waals surface area contributed by atoms with Crippen LogP contribution in [0.1, 0.15) is 16.1 Å². The minimum Gasteiger partial charge on any atom is -0.318 e. The van der Waals surface area contributed by atoms with E-state index >= 15 is 0 Å². The summed E-state index contributed by atoms with van der Waals surface area (Å²) in [7, 11) is 0. The molecular formula is C13H10BrFN2O. The van der Waals surface area contributed by atoms with Gasteiger partial charge in [0.1, 0.15) is 16.1 Å². The number of halogens is 2. The fourth-order valence-electron chi connectivity index (χ4n) is 1.46. The van der Waals surface area contributed by atoms with Crippen LogP contribution in [0.3, 0.4) is 0 Å². The first-order valence-corrected chi connectivity index (χ1v) is 6.05. The number of hydrogen-bond acceptors (Lipinski definition) is 2. The van der Waals surface area contributed by atoms with Crippen LogP contribution >= 0.6 is 15.9 Å². The lowest BCUT2D eigenvalue weighted by Crippen LogP contribution is -2.14. The summed E-state index contributed by atoms with van der Waals surface area (Å²) in [6, 6.07) is 9.50. The third-order valence-corrected chi connectivity index (χ3v) is 2.76. The Balaban J connectivity index is 2.24. The van der Waals surface area contributed by atoms with Gasteiger partial charge in [0.25, 0.3) is 5.91 Å². The van der Waals surface area contributed by atoms with E-state index in [1.165, 1.54) is 6.07 Å². The molecule has 0 unspecified atom stereocenters. The molecule has 2 aromatic rings. The zero-order valence-electron chi connectivity index (χ0n) is 9.58. The third-order valence-electron chi connectivity index (χ3n) is 2.32. The second kappa shape index (κ2) is 5.27. The first-order valence-electron chi connectivity index (χ1n) is 5.26. The average molecular weight is 309 g/mol. The highest BCUT2D eigenvalue weighted by Gasteiger charge is 2.10. The minimum atomic E-state index is -0.469. The van der Waals surface area contributed by atoms with Crippen molar-refractivity contribution in [3.63, 3.8) is 0 Å². The molecule has 1 N–H and O–H groups in total. The van der Waals surface area contributed by atoms with Gasteiger partial charge < -0.3 is 5.32 Å². The number of nitrogens with one attached hydrogen (secondary N) is 1. The molecule has 0 aliphatic rings. The molecule has 2 rings (SSSR count). The Morgan fingerprint density at radius 2 is 2.11 bits per heavy atom. The van der Waals surface area contributed by atoms with E-state index in [4.69, 9.17) is 0 Å². The predicted molar refractivity (Wildman–Crippen MR) is 71.0 cm³/mol. The van der Waals surface area contributed by atoms with E-state index < -0.39 is 11.7 Å². The monoisotopic (exact) mass is 308 g/mol. The lowest BCUT2D eigenvalue weighted by Gasteiger charge is -2.07. The normalized spacial score (nSPS) is 10.2. The summed E-state index contributed by atoms with van der Waals surface area (Å²) in [5, 5.41) is 2.50. The van der Waals surface area contributed by atoms with Crippen molar-refractivity contribution in [2.75, 3.05) is 5.32 Å². The average Bonchev–Trinajstić information content (AvgIpc) is 2.34. The molecule has 92 valence electrons. The van der Waals surface area contributed by atoms with E-state index in [0.29, 0.717) is 4.60 Å². The van der Waals surface area contributed by atoms with Crippen molar-refractivity contribution in [1.82, 2.24) is 4.98 Å². The topological polar surface area (TPSA) is 42.0 Å². The molecule has 0 aliphatic carbocycles. The fraction of sp³-hybridized carbons (Fsp3) is 0.0769. The maximum Gasteiger partial charge on any atom is 0.274 e. The number of anilines is 1. The van der Waals surface area contributed by atoms with Crippen LogP contribution in [-0.2, 0) is 0 Å². The molecule has 18 heavy (non-hydrogen) atoms. The van der Waals surface area contributed by atoms with Crippen LogP contribution < -0.4 is 5.32 Å². The molecule has 0 saturated heterocycles. The number of hydrogen-bond donors (Lipinski definition) is 1. The largest absolute Gasteiger partial charge is 0.318 e. The molecule has 0 bridgehead atoms. The Morgan fingerprint density at radius 1 is 1.33 bits per heavy atom. The fourth-order valence-corrected chi connectivity index (χ4v) is 1.80. The number of pyridine rings is 1. The van der Waals surface area contributed by atoms with Crippen molar-refractivity contribution in [3.8, 4) is 0 Å². The van der Waals surface area contributed by atoms with Crippen molar-refractivity contribution >= 4 is 27.5 Å². The van der Waals surface area contributed by atoms with Gasteiger partial charge in [-0.3, -0.25) is 4.79 Å². The lowest BCUT2D eigenvalue weighted by atomic mass is 10.2. The molecular weight excluding hydrogens is 299 g/mol. The van der Waals surface area contributed by atoms with Gasteiger partial charge in [0.05, 0.1) is 5.69 Å². The Bertz CT molecular complexity index is 601. The van der Waals surface area contributed by atoms with E-state index in [1.807, 2.05) is 6.92 Å². The first-order chi connectivity index (χ1) is 8.56. The van der Waals surface area contributed by atoms with Crippen molar-refractivity contribution < 1.29 is 9.18 Å². The second-order valence-electron chi connectivity index (χ2n) is 3.78. The Hall–Kier alpha value is -1.75. The van der Waals surface area contributed by atoms with Crippen LogP contribution in [0.15, 0.2) is 41.0 Å². The molecule has 3 nitrogen and oxygen atoms in total. The van der Waals surface area contributed by atoms with Gasteiger partial charge in [-0.2, -0.15) is 0 Å². The zero-order chi connectivity index (χ0) is 13.1. The van der Waals surface area contributed by atoms with Crippen LogP contribution in [0.5, 0.6) is 0 Å². The molecule has 0 saturated carbocycles. The van der Waals surface area contributed by atoms with Gasteiger partial charge in [0.15, 0.2) is 0 Å². The molecule has 0 atom stereocenters. The summed E-state index contributed by atoms with van der Waals surface area (Å²) < 4.78 is 14.0. The molecule has 1 aromatic carbocycles. The molecule has 1 heterocycles. The van der Waals surface area contributed by atoms with Gasteiger partial charge in [0, 0.05) is 0 Å². The number of rotatable bonds is 2. The minimum absolute atomic E-state index is 0.154. The molecule has 5 heteroatoms. The van der Waals surface area contributed by atoms with E-state index in [9.17, 15) is 9.18 Å². The van der Waals surface area contributed by atoms with Gasteiger partial charge in [-0.25, -0.2) is 9.37 Å². The van der Waals surface area contributed by atoms with Crippen molar-refractivity contribution in [3.05, 3.63) is 58.1 Å². The molecule has 1 amide bonds. The van der Waals surface area contributed by atoms with Gasteiger partial charge in [-0.05, 0) is 52.7 Å². The lowest BCUT2D eigenvalue weighted by molar-refractivity contribution is 0.102. The molecule has 1 aromatic heterocycles. The van der Waals surface area contributed by atoms with Crippen LogP contribution in [0, 0.1) is 12.7 Å². The zero-order valence-corrected chi connectivity index (χ0v) is 11.2. The third kappa shape index (κ3) is 2.92. The Morgan fingerprint density at radius 3 is 2.83 bits per heavy atom. The van der Waals surface area contributed by atoms with Crippen molar-refractivity contribution in [2.24, 2.45) is 0 Å². The molecule has 0 fully saturated rings. The van der Waals surface area contributed by atoms with Gasteiger partial charge in [-0.1, -0.05) is 12.1 Å². The predicted octanol–water partition coefficient (Wildman–Crippen LogP) is 3.54. The standard InChI is InChI=1S/C13H10BrFN2O/c1-8-5-6-9(15)11(7-8)17-13(18)10-3-2-4-12(14)16-10/h2-7H,1H3,(H,17,18). The number of carbonyl (C=O) groups is 1. The molecule has 0 aliphatic heterocycles. The van der Waals surface area contributed by atoms with E-state index in [0.717, 1.165) is 5.56 Å². The maximum absolute atomic E-state index is 13.5. The van der Waals surface area contributed by atoms with E-state index in [-0.39, 0.29) is 11.4 Å². The first kappa shape index (κ1) is 12.7. The van der Waals surface area contributed by atoms with Crippen LogP contribution in [0.2, 0.25) is 0 Å². The summed E-state index contributed by atoms with van der Waals surface area (Å²) in [6.07, 6.45) is 0. The number of carbonyl (C=O) groups excluding carboxylic acids is 1. The van der Waals surface area contributed by atoms with E-state index in [2.05, 4.69) is 26.2 Å². The van der Waals surface area contributed by atoms with Crippen LogP contribution in [0.4, 0.5) is 10.1 Å². The summed E-state index contributed by atoms with van der Waals surface area (Å²) in [5.41, 5.74) is 1.25. The van der Waals surface area contributed by atoms with Gasteiger partial charge in [-0.15, -0.1) is 0 Å². The smallest absolute Gasteiger partial charge is 0.274 e. The number of benzene rings is 1. The summed E-state index contributed by atoms with van der Waals surface area (Å²) in [6.45, 7) is 1.83. The van der Waals surface area contributed by atoms with Crippen molar-refractivity contribution in [2.45, 2.75) is 6.92 Å². The number of aromatic nitrogens is 1.